The van der Waals surface area contributed by atoms with Gasteiger partial charge in [0.1, 0.15) is 0 Å². The van der Waals surface area contributed by atoms with E-state index in [4.69, 9.17) is 0 Å². The maximum absolute atomic E-state index is 11.7. The highest BCUT2D eigenvalue weighted by Gasteiger charge is 2.47. The maximum Gasteiger partial charge on any atom is 0.325 e. The van der Waals surface area contributed by atoms with Crippen LogP contribution in [0.2, 0.25) is 0 Å². The average molecular weight is 275 g/mol. The number of amides is 3. The third kappa shape index (κ3) is 1.41. The summed E-state index contributed by atoms with van der Waals surface area (Å²) in [5.74, 6) is -0.289. The van der Waals surface area contributed by atoms with E-state index in [1.54, 1.807) is 7.05 Å². The van der Waals surface area contributed by atoms with Crippen LogP contribution in [0.3, 0.4) is 0 Å². The van der Waals surface area contributed by atoms with Gasteiger partial charge in [0, 0.05) is 13.6 Å². The molecule has 15 heavy (non-hydrogen) atoms. The first-order valence-electron chi connectivity index (χ1n) is 4.64. The number of nitrogens with one attached hydrogen (secondary N) is 1. The van der Waals surface area contributed by atoms with E-state index in [-0.39, 0.29) is 5.91 Å². The standard InChI is InChI=1S/C8H11BrN4O2/c1-3-13-4-5(10-7(13)9)12(2)8(15)11-6(4)14/h4-5H,3H2,1-2H3,(H,11,14,15). The smallest absolute Gasteiger partial charge is 0.325 e. The number of carbonyl (C=O) groups is 2. The Bertz CT molecular complexity index is 357. The van der Waals surface area contributed by atoms with Crippen molar-refractivity contribution in [1.82, 2.24) is 15.1 Å². The Hall–Kier alpha value is -1.11. The highest BCUT2D eigenvalue weighted by molar-refractivity contribution is 9.18. The van der Waals surface area contributed by atoms with Crippen LogP contribution in [0.5, 0.6) is 0 Å². The van der Waals surface area contributed by atoms with Crippen molar-refractivity contribution >= 4 is 32.6 Å². The molecule has 2 aliphatic heterocycles. The molecule has 7 heteroatoms. The van der Waals surface area contributed by atoms with Gasteiger partial charge in [0.15, 0.2) is 17.0 Å². The Labute approximate surface area is 95.4 Å². The molecule has 0 spiro atoms. The van der Waals surface area contributed by atoms with Gasteiger partial charge in [0.25, 0.3) is 5.91 Å². The molecule has 2 unspecified atom stereocenters. The van der Waals surface area contributed by atoms with Crippen LogP contribution in [-0.4, -0.2) is 52.3 Å². The predicted octanol–water partition coefficient (Wildman–Crippen LogP) is -0.0509. The first-order valence-corrected chi connectivity index (χ1v) is 5.43. The quantitative estimate of drug-likeness (QED) is 0.682. The van der Waals surface area contributed by atoms with E-state index in [1.807, 2.05) is 11.8 Å². The first-order chi connectivity index (χ1) is 7.06. The topological polar surface area (TPSA) is 65.0 Å². The fourth-order valence-corrected chi connectivity index (χ4v) is 2.50. The second-order valence-electron chi connectivity index (χ2n) is 3.45. The molecule has 82 valence electrons. The lowest BCUT2D eigenvalue weighted by atomic mass is 10.1. The lowest BCUT2D eigenvalue weighted by molar-refractivity contribution is -0.127. The lowest BCUT2D eigenvalue weighted by Gasteiger charge is -2.35. The molecule has 0 aromatic rings. The highest BCUT2D eigenvalue weighted by Crippen LogP contribution is 2.25. The van der Waals surface area contributed by atoms with Crippen LogP contribution in [0.4, 0.5) is 4.79 Å². The second kappa shape index (κ2) is 3.48. The van der Waals surface area contributed by atoms with Crippen LogP contribution in [-0.2, 0) is 4.79 Å². The molecule has 0 aromatic carbocycles. The van der Waals surface area contributed by atoms with Crippen molar-refractivity contribution in [2.45, 2.75) is 19.1 Å². The van der Waals surface area contributed by atoms with Crippen molar-refractivity contribution in [2.24, 2.45) is 4.99 Å². The molecule has 0 radical (unpaired) electrons. The molecular weight excluding hydrogens is 264 g/mol. The summed E-state index contributed by atoms with van der Waals surface area (Å²) in [5, 5.41) is 2.30. The van der Waals surface area contributed by atoms with Gasteiger partial charge in [0.05, 0.1) is 0 Å². The minimum atomic E-state index is -0.416. The Kier molecular flexibility index (Phi) is 2.41. The predicted molar refractivity (Wildman–Crippen MR) is 57.6 cm³/mol. The molecule has 2 aliphatic rings. The van der Waals surface area contributed by atoms with Crippen molar-refractivity contribution < 1.29 is 9.59 Å². The first kappa shape index (κ1) is 10.4. The molecule has 0 bridgehead atoms. The van der Waals surface area contributed by atoms with Crippen LogP contribution < -0.4 is 5.32 Å². The minimum absolute atomic E-state index is 0.289. The van der Waals surface area contributed by atoms with E-state index in [0.717, 1.165) is 0 Å². The number of likely N-dealkylation sites (N-methyl/N-ethyl adjacent to an activating group) is 2. The number of aliphatic imine (C=N–C) groups is 1. The van der Waals surface area contributed by atoms with Gasteiger partial charge in [-0.15, -0.1) is 0 Å². The molecule has 0 aliphatic carbocycles. The number of halogens is 1. The van der Waals surface area contributed by atoms with E-state index in [0.29, 0.717) is 11.3 Å². The second-order valence-corrected chi connectivity index (χ2v) is 4.16. The molecule has 1 fully saturated rings. The number of imide groups is 1. The molecular formula is C8H11BrN4O2. The molecule has 2 rings (SSSR count). The molecule has 2 atom stereocenters. The summed E-state index contributed by atoms with van der Waals surface area (Å²) in [5.41, 5.74) is 0. The van der Waals surface area contributed by atoms with Gasteiger partial charge in [0.2, 0.25) is 0 Å². The maximum atomic E-state index is 11.7. The van der Waals surface area contributed by atoms with Gasteiger partial charge in [-0.05, 0) is 22.9 Å². The number of carbonyl (C=O) groups excluding carboxylic acids is 2. The van der Waals surface area contributed by atoms with Crippen molar-refractivity contribution in [2.75, 3.05) is 13.6 Å². The van der Waals surface area contributed by atoms with Crippen LogP contribution in [0.1, 0.15) is 6.92 Å². The normalized spacial score (nSPS) is 30.2. The van der Waals surface area contributed by atoms with Crippen molar-refractivity contribution in [1.29, 1.82) is 0 Å². The van der Waals surface area contributed by atoms with Crippen LogP contribution in [0.25, 0.3) is 0 Å². The summed E-state index contributed by atoms with van der Waals surface area (Å²) in [4.78, 5) is 30.5. The molecule has 0 saturated carbocycles. The lowest BCUT2D eigenvalue weighted by Crippen LogP contribution is -2.63. The zero-order valence-corrected chi connectivity index (χ0v) is 9.98. The number of urea groups is 1. The summed E-state index contributed by atoms with van der Waals surface area (Å²) in [6.07, 6.45) is -0.416. The summed E-state index contributed by atoms with van der Waals surface area (Å²) >= 11 is 3.29. The van der Waals surface area contributed by atoms with Gasteiger partial charge in [-0.25, -0.2) is 9.79 Å². The third-order valence-corrected chi connectivity index (χ3v) is 3.31. The Morgan fingerprint density at radius 1 is 1.53 bits per heavy atom. The van der Waals surface area contributed by atoms with E-state index in [9.17, 15) is 9.59 Å². The fraction of sp³-hybridized carbons (Fsp3) is 0.625. The van der Waals surface area contributed by atoms with Crippen molar-refractivity contribution in [3.63, 3.8) is 0 Å². The van der Waals surface area contributed by atoms with Gasteiger partial charge in [-0.3, -0.25) is 10.1 Å². The largest absolute Gasteiger partial charge is 0.336 e. The summed E-state index contributed by atoms with van der Waals surface area (Å²) in [7, 11) is 1.63. The zero-order chi connectivity index (χ0) is 11.2. The average Bonchev–Trinajstić information content (AvgIpc) is 2.52. The molecule has 6 nitrogen and oxygen atoms in total. The van der Waals surface area contributed by atoms with Gasteiger partial charge in [-0.1, -0.05) is 0 Å². The SMILES string of the molecule is CCN1C(Br)=NC2C1C(=O)NC(=O)N2C. The van der Waals surface area contributed by atoms with Gasteiger partial charge in [-0.2, -0.15) is 0 Å². The number of rotatable bonds is 1. The van der Waals surface area contributed by atoms with Crippen LogP contribution in [0, 0.1) is 0 Å². The molecule has 0 aromatic heterocycles. The monoisotopic (exact) mass is 274 g/mol. The Morgan fingerprint density at radius 2 is 2.20 bits per heavy atom. The number of hydrogen-bond acceptors (Lipinski definition) is 4. The van der Waals surface area contributed by atoms with Crippen molar-refractivity contribution in [3.8, 4) is 0 Å². The zero-order valence-electron chi connectivity index (χ0n) is 8.40. The summed E-state index contributed by atoms with van der Waals surface area (Å²) in [6.45, 7) is 2.60. The molecule has 1 N–H and O–H groups in total. The minimum Gasteiger partial charge on any atom is -0.336 e. The van der Waals surface area contributed by atoms with Gasteiger partial charge >= 0.3 is 6.03 Å². The van der Waals surface area contributed by atoms with E-state index in [2.05, 4.69) is 26.2 Å². The Balaban J connectivity index is 2.34. The molecule has 1 saturated heterocycles. The number of hydrogen-bond donors (Lipinski definition) is 1. The van der Waals surface area contributed by atoms with Gasteiger partial charge < -0.3 is 9.80 Å². The number of fused-ring (bicyclic) bond motifs is 1. The summed E-state index contributed by atoms with van der Waals surface area (Å²) in [6, 6.07) is -0.810. The van der Waals surface area contributed by atoms with E-state index >= 15 is 0 Å². The van der Waals surface area contributed by atoms with Crippen LogP contribution >= 0.6 is 15.9 Å². The van der Waals surface area contributed by atoms with E-state index < -0.39 is 18.2 Å². The molecule has 2 heterocycles. The highest BCUT2D eigenvalue weighted by atomic mass is 79.9. The fourth-order valence-electron chi connectivity index (χ4n) is 1.82. The third-order valence-electron chi connectivity index (χ3n) is 2.65. The number of amidine groups is 1. The Morgan fingerprint density at radius 3 is 2.80 bits per heavy atom. The van der Waals surface area contributed by atoms with Crippen LogP contribution in [0.15, 0.2) is 4.99 Å². The number of nitrogens with zero attached hydrogens (tertiary/aromatic N) is 3. The summed E-state index contributed by atoms with van der Waals surface area (Å²) < 4.78 is 0.622. The van der Waals surface area contributed by atoms with Crippen molar-refractivity contribution in [3.05, 3.63) is 0 Å². The molecule has 3 amide bonds. The van der Waals surface area contributed by atoms with E-state index in [1.165, 1.54) is 4.90 Å².